The van der Waals surface area contributed by atoms with Gasteiger partial charge in [0.05, 0.1) is 11.8 Å². The molecule has 2 aromatic rings. The number of carbonyl (C=O) groups excluding carboxylic acids is 2. The highest BCUT2D eigenvalue weighted by Gasteiger charge is 2.14. The van der Waals surface area contributed by atoms with Crippen molar-refractivity contribution in [3.8, 4) is 11.5 Å². The molecule has 0 bridgehead atoms. The monoisotopic (exact) mass is 387 g/mol. The smallest absolute Gasteiger partial charge is 0.316 e. The van der Waals surface area contributed by atoms with Crippen LogP contribution in [0.5, 0.6) is 11.5 Å². The summed E-state index contributed by atoms with van der Waals surface area (Å²) in [6.45, 7) is 2.64. The van der Waals surface area contributed by atoms with Crippen LogP contribution in [0.15, 0.2) is 53.4 Å². The SMILES string of the molecule is C[C@@H](NC(=O)COC(=O)CSc1ccc2c(c1)OCCO2)c1ccccc1. The van der Waals surface area contributed by atoms with Crippen LogP contribution in [0, 0.1) is 0 Å². The Balaban J connectivity index is 1.40. The van der Waals surface area contributed by atoms with E-state index in [2.05, 4.69) is 5.32 Å². The maximum Gasteiger partial charge on any atom is 0.316 e. The summed E-state index contributed by atoms with van der Waals surface area (Å²) in [7, 11) is 0. The Morgan fingerprint density at radius 1 is 1.11 bits per heavy atom. The van der Waals surface area contributed by atoms with E-state index >= 15 is 0 Å². The van der Waals surface area contributed by atoms with Crippen LogP contribution in [-0.4, -0.2) is 37.4 Å². The van der Waals surface area contributed by atoms with Crippen molar-refractivity contribution < 1.29 is 23.8 Å². The number of benzene rings is 2. The Bertz CT molecular complexity index is 796. The molecule has 0 aliphatic carbocycles. The summed E-state index contributed by atoms with van der Waals surface area (Å²) < 4.78 is 16.0. The molecule has 0 saturated carbocycles. The standard InChI is InChI=1S/C20H21NO5S/c1-14(15-5-3-2-4-6-15)21-19(22)12-26-20(23)13-27-16-7-8-17-18(11-16)25-10-9-24-17/h2-8,11,14H,9-10,12-13H2,1H3,(H,21,22)/t14-/m1/s1. The second kappa shape index (κ2) is 9.32. The number of hydrogen-bond acceptors (Lipinski definition) is 6. The molecule has 1 amide bonds. The van der Waals surface area contributed by atoms with Gasteiger partial charge >= 0.3 is 5.97 Å². The number of thioether (sulfide) groups is 1. The normalized spacial score (nSPS) is 13.5. The number of hydrogen-bond donors (Lipinski definition) is 1. The molecule has 0 saturated heterocycles. The van der Waals surface area contributed by atoms with Gasteiger partial charge in [0.25, 0.3) is 5.91 Å². The zero-order chi connectivity index (χ0) is 19.1. The molecule has 142 valence electrons. The van der Waals surface area contributed by atoms with Crippen molar-refractivity contribution in [2.24, 2.45) is 0 Å². The molecule has 0 spiro atoms. The molecular weight excluding hydrogens is 366 g/mol. The second-order valence-corrected chi connectivity index (χ2v) is 7.00. The maximum absolute atomic E-state index is 11.9. The van der Waals surface area contributed by atoms with E-state index < -0.39 is 5.97 Å². The van der Waals surface area contributed by atoms with Crippen LogP contribution in [0.3, 0.4) is 0 Å². The summed E-state index contributed by atoms with van der Waals surface area (Å²) in [4.78, 5) is 24.7. The first-order valence-corrected chi connectivity index (χ1v) is 9.63. The predicted molar refractivity (Wildman–Crippen MR) is 102 cm³/mol. The summed E-state index contributed by atoms with van der Waals surface area (Å²) in [5.41, 5.74) is 0.992. The molecule has 0 unspecified atom stereocenters. The Morgan fingerprint density at radius 3 is 2.63 bits per heavy atom. The Morgan fingerprint density at radius 2 is 1.85 bits per heavy atom. The van der Waals surface area contributed by atoms with Crippen molar-refractivity contribution in [3.05, 3.63) is 54.1 Å². The molecule has 1 aliphatic heterocycles. The third-order valence-corrected chi connectivity index (χ3v) is 4.88. The molecule has 2 aromatic carbocycles. The van der Waals surface area contributed by atoms with E-state index in [1.807, 2.05) is 55.5 Å². The minimum Gasteiger partial charge on any atom is -0.486 e. The lowest BCUT2D eigenvalue weighted by Gasteiger charge is -2.18. The van der Waals surface area contributed by atoms with Crippen molar-refractivity contribution in [1.82, 2.24) is 5.32 Å². The zero-order valence-corrected chi connectivity index (χ0v) is 15.8. The molecule has 3 rings (SSSR count). The quantitative estimate of drug-likeness (QED) is 0.582. The van der Waals surface area contributed by atoms with E-state index in [-0.39, 0.29) is 24.3 Å². The minimum absolute atomic E-state index is 0.112. The van der Waals surface area contributed by atoms with Crippen molar-refractivity contribution in [3.63, 3.8) is 0 Å². The topological polar surface area (TPSA) is 73.9 Å². The Labute approximate surface area is 162 Å². The summed E-state index contributed by atoms with van der Waals surface area (Å²) in [6, 6.07) is 15.0. The van der Waals surface area contributed by atoms with Gasteiger partial charge in [-0.25, -0.2) is 0 Å². The van der Waals surface area contributed by atoms with Crippen molar-refractivity contribution in [2.75, 3.05) is 25.6 Å². The van der Waals surface area contributed by atoms with Crippen molar-refractivity contribution >= 4 is 23.6 Å². The molecule has 0 fully saturated rings. The fourth-order valence-electron chi connectivity index (χ4n) is 2.55. The van der Waals surface area contributed by atoms with Gasteiger partial charge < -0.3 is 19.5 Å². The number of amides is 1. The fraction of sp³-hybridized carbons (Fsp3) is 0.300. The van der Waals surface area contributed by atoms with Crippen molar-refractivity contribution in [1.29, 1.82) is 0 Å². The van der Waals surface area contributed by atoms with E-state index in [1.54, 1.807) is 0 Å². The van der Waals surface area contributed by atoms with Crippen LogP contribution < -0.4 is 14.8 Å². The molecular formula is C20H21NO5S. The average molecular weight is 387 g/mol. The van der Waals surface area contributed by atoms with Crippen LogP contribution in [0.2, 0.25) is 0 Å². The van der Waals surface area contributed by atoms with E-state index in [0.29, 0.717) is 24.7 Å². The lowest BCUT2D eigenvalue weighted by Crippen LogP contribution is -2.31. The number of ether oxygens (including phenoxy) is 3. The molecule has 0 aromatic heterocycles. The molecule has 0 radical (unpaired) electrons. The van der Waals surface area contributed by atoms with Crippen LogP contribution in [0.25, 0.3) is 0 Å². The number of rotatable bonds is 7. The largest absolute Gasteiger partial charge is 0.486 e. The van der Waals surface area contributed by atoms with Gasteiger partial charge in [0.1, 0.15) is 13.2 Å². The molecule has 27 heavy (non-hydrogen) atoms. The van der Waals surface area contributed by atoms with Gasteiger partial charge in [0.15, 0.2) is 18.1 Å². The Kier molecular flexibility index (Phi) is 6.59. The van der Waals surface area contributed by atoms with Crippen LogP contribution in [0.4, 0.5) is 0 Å². The molecule has 6 nitrogen and oxygen atoms in total. The molecule has 1 N–H and O–H groups in total. The van der Waals surface area contributed by atoms with Gasteiger partial charge in [-0.3, -0.25) is 9.59 Å². The Hall–Kier alpha value is -2.67. The van der Waals surface area contributed by atoms with Gasteiger partial charge in [-0.1, -0.05) is 30.3 Å². The predicted octanol–water partition coefficient (Wildman–Crippen LogP) is 2.97. The average Bonchev–Trinajstić information content (AvgIpc) is 2.71. The van der Waals surface area contributed by atoms with E-state index in [9.17, 15) is 9.59 Å². The zero-order valence-electron chi connectivity index (χ0n) is 15.0. The summed E-state index contributed by atoms with van der Waals surface area (Å²) in [5.74, 6) is 0.717. The third kappa shape index (κ3) is 5.65. The maximum atomic E-state index is 11.9. The van der Waals surface area contributed by atoms with Gasteiger partial charge in [-0.2, -0.15) is 0 Å². The number of esters is 1. The fourth-order valence-corrected chi connectivity index (χ4v) is 3.27. The van der Waals surface area contributed by atoms with Crippen LogP contribution in [0.1, 0.15) is 18.5 Å². The molecule has 1 aliphatic rings. The highest BCUT2D eigenvalue weighted by molar-refractivity contribution is 8.00. The summed E-state index contributed by atoms with van der Waals surface area (Å²) >= 11 is 1.32. The first-order chi connectivity index (χ1) is 13.1. The summed E-state index contributed by atoms with van der Waals surface area (Å²) in [5, 5.41) is 2.81. The van der Waals surface area contributed by atoms with Gasteiger partial charge in [0, 0.05) is 4.90 Å². The number of carbonyl (C=O) groups is 2. The number of nitrogens with one attached hydrogen (secondary N) is 1. The molecule has 1 heterocycles. The highest BCUT2D eigenvalue weighted by atomic mass is 32.2. The van der Waals surface area contributed by atoms with Gasteiger partial charge in [-0.15, -0.1) is 11.8 Å². The minimum atomic E-state index is -0.447. The van der Waals surface area contributed by atoms with E-state index in [4.69, 9.17) is 14.2 Å². The van der Waals surface area contributed by atoms with Crippen LogP contribution >= 0.6 is 11.8 Å². The second-order valence-electron chi connectivity index (χ2n) is 5.95. The lowest BCUT2D eigenvalue weighted by atomic mass is 10.1. The van der Waals surface area contributed by atoms with Crippen LogP contribution in [-0.2, 0) is 14.3 Å². The third-order valence-electron chi connectivity index (χ3n) is 3.91. The van der Waals surface area contributed by atoms with Gasteiger partial charge in [-0.05, 0) is 30.7 Å². The number of fused-ring (bicyclic) bond motifs is 1. The van der Waals surface area contributed by atoms with Gasteiger partial charge in [0.2, 0.25) is 0 Å². The first-order valence-electron chi connectivity index (χ1n) is 8.64. The summed E-state index contributed by atoms with van der Waals surface area (Å²) in [6.07, 6.45) is 0. The first kappa shape index (κ1) is 19.1. The van der Waals surface area contributed by atoms with E-state index in [0.717, 1.165) is 10.5 Å². The lowest BCUT2D eigenvalue weighted by molar-refractivity contribution is -0.146. The molecule has 7 heteroatoms. The highest BCUT2D eigenvalue weighted by Crippen LogP contribution is 2.34. The molecule has 1 atom stereocenters. The van der Waals surface area contributed by atoms with Crippen molar-refractivity contribution in [2.45, 2.75) is 17.9 Å². The van der Waals surface area contributed by atoms with E-state index in [1.165, 1.54) is 11.8 Å².